The van der Waals surface area contributed by atoms with Crippen molar-refractivity contribution in [3.05, 3.63) is 34.9 Å². The van der Waals surface area contributed by atoms with Gasteiger partial charge in [-0.1, -0.05) is 64.2 Å². The van der Waals surface area contributed by atoms with Crippen LogP contribution < -0.4 is 0 Å². The van der Waals surface area contributed by atoms with Crippen LogP contribution in [0.1, 0.15) is 107 Å². The summed E-state index contributed by atoms with van der Waals surface area (Å²) >= 11 is 0. The van der Waals surface area contributed by atoms with Gasteiger partial charge in [0, 0.05) is 0 Å². The molecule has 1 aromatic rings. The minimum Gasteiger partial charge on any atom is -0.0654 e. The van der Waals surface area contributed by atoms with E-state index in [9.17, 15) is 0 Å². The third-order valence-electron chi connectivity index (χ3n) is 8.30. The average molecular weight is 353 g/mol. The van der Waals surface area contributed by atoms with E-state index in [0.717, 1.165) is 29.6 Å². The molecule has 0 bridgehead atoms. The Labute approximate surface area is 162 Å². The minimum atomic E-state index is 0.859. The molecule has 0 aliphatic heterocycles. The summed E-state index contributed by atoms with van der Waals surface area (Å²) < 4.78 is 0. The first kappa shape index (κ1) is 18.6. The molecule has 2 saturated carbocycles. The van der Waals surface area contributed by atoms with E-state index in [2.05, 4.69) is 32.0 Å². The molecule has 0 radical (unpaired) electrons. The standard InChI is InChI=1S/C26H40/c1-3-5-6-20-8-10-24-18-26(14-12-22(24)16-20)25-13-11-21-15-19(4-2)7-9-23(21)17-25/h11,13,17,19-20,22,24,26H,3-10,12,14-16,18H2,1-2H3. The Bertz CT molecular complexity index is 586. The Hall–Kier alpha value is -0.780. The second kappa shape index (κ2) is 8.49. The summed E-state index contributed by atoms with van der Waals surface area (Å²) in [7, 11) is 0. The predicted molar refractivity (Wildman–Crippen MR) is 113 cm³/mol. The highest BCUT2D eigenvalue weighted by Gasteiger charge is 2.35. The zero-order valence-electron chi connectivity index (χ0n) is 17.3. The van der Waals surface area contributed by atoms with Gasteiger partial charge in [0.1, 0.15) is 0 Å². The first-order valence-electron chi connectivity index (χ1n) is 11.9. The fraction of sp³-hybridized carbons (Fsp3) is 0.769. The van der Waals surface area contributed by atoms with Crippen molar-refractivity contribution < 1.29 is 0 Å². The molecule has 0 aromatic heterocycles. The van der Waals surface area contributed by atoms with Gasteiger partial charge in [-0.25, -0.2) is 0 Å². The SMILES string of the molecule is CCCCC1CCC2CC(c3ccc4c(c3)CCC(CC)C4)CCC2C1. The van der Waals surface area contributed by atoms with Crippen LogP contribution >= 0.6 is 0 Å². The van der Waals surface area contributed by atoms with Gasteiger partial charge in [-0.2, -0.15) is 0 Å². The van der Waals surface area contributed by atoms with Gasteiger partial charge in [0.2, 0.25) is 0 Å². The van der Waals surface area contributed by atoms with Crippen molar-refractivity contribution in [1.82, 2.24) is 0 Å². The summed E-state index contributed by atoms with van der Waals surface area (Å²) in [5.41, 5.74) is 5.04. The molecule has 2 fully saturated rings. The molecule has 5 atom stereocenters. The summed E-state index contributed by atoms with van der Waals surface area (Å²) in [6, 6.07) is 7.63. The minimum absolute atomic E-state index is 0.859. The van der Waals surface area contributed by atoms with Crippen LogP contribution in [0, 0.1) is 23.7 Å². The van der Waals surface area contributed by atoms with Crippen LogP contribution in [0.4, 0.5) is 0 Å². The number of fused-ring (bicyclic) bond motifs is 2. The van der Waals surface area contributed by atoms with Crippen LogP contribution in [-0.2, 0) is 12.8 Å². The van der Waals surface area contributed by atoms with Gasteiger partial charge in [0.05, 0.1) is 0 Å². The van der Waals surface area contributed by atoms with Crippen LogP contribution in [0.2, 0.25) is 0 Å². The molecule has 26 heavy (non-hydrogen) atoms. The van der Waals surface area contributed by atoms with E-state index in [1.54, 1.807) is 23.1 Å². The lowest BCUT2D eigenvalue weighted by Gasteiger charge is -2.42. The normalized spacial score (nSPS) is 34.2. The maximum Gasteiger partial charge on any atom is -0.0159 e. The summed E-state index contributed by atoms with van der Waals surface area (Å²) in [5.74, 6) is 4.95. The molecule has 3 aliphatic carbocycles. The molecule has 0 amide bonds. The maximum atomic E-state index is 2.62. The van der Waals surface area contributed by atoms with Gasteiger partial charge >= 0.3 is 0 Å². The molecule has 0 spiro atoms. The monoisotopic (exact) mass is 352 g/mol. The van der Waals surface area contributed by atoms with Crippen molar-refractivity contribution in [1.29, 1.82) is 0 Å². The first-order valence-corrected chi connectivity index (χ1v) is 11.9. The lowest BCUT2D eigenvalue weighted by atomic mass is 9.63. The highest BCUT2D eigenvalue weighted by atomic mass is 14.4. The summed E-state index contributed by atoms with van der Waals surface area (Å²) in [6.45, 7) is 4.71. The number of unbranched alkanes of at least 4 members (excludes halogenated alkanes) is 1. The van der Waals surface area contributed by atoms with Crippen molar-refractivity contribution in [3.63, 3.8) is 0 Å². The topological polar surface area (TPSA) is 0 Å². The smallest absolute Gasteiger partial charge is 0.0159 e. The number of hydrogen-bond donors (Lipinski definition) is 0. The maximum absolute atomic E-state index is 2.62. The van der Waals surface area contributed by atoms with E-state index in [-0.39, 0.29) is 0 Å². The predicted octanol–water partition coefficient (Wildman–Crippen LogP) is 7.69. The zero-order chi connectivity index (χ0) is 17.9. The van der Waals surface area contributed by atoms with E-state index >= 15 is 0 Å². The van der Waals surface area contributed by atoms with E-state index in [1.165, 1.54) is 77.0 Å². The van der Waals surface area contributed by atoms with Crippen LogP contribution in [-0.4, -0.2) is 0 Å². The Morgan fingerprint density at radius 1 is 0.846 bits per heavy atom. The van der Waals surface area contributed by atoms with Crippen LogP contribution in [0.15, 0.2) is 18.2 Å². The third-order valence-corrected chi connectivity index (χ3v) is 8.30. The Morgan fingerprint density at radius 3 is 2.54 bits per heavy atom. The number of rotatable bonds is 5. The molecule has 0 N–H and O–H groups in total. The second-order valence-corrected chi connectivity index (χ2v) is 9.90. The molecule has 4 rings (SSSR count). The zero-order valence-corrected chi connectivity index (χ0v) is 17.3. The van der Waals surface area contributed by atoms with Crippen molar-refractivity contribution in [2.45, 2.75) is 103 Å². The lowest BCUT2D eigenvalue weighted by molar-refractivity contribution is 0.113. The fourth-order valence-corrected chi connectivity index (χ4v) is 6.50. The van der Waals surface area contributed by atoms with Gasteiger partial charge in [0.15, 0.2) is 0 Å². The van der Waals surface area contributed by atoms with E-state index in [4.69, 9.17) is 0 Å². The van der Waals surface area contributed by atoms with E-state index in [1.807, 2.05) is 0 Å². The molecule has 1 aromatic carbocycles. The van der Waals surface area contributed by atoms with Crippen LogP contribution in [0.3, 0.4) is 0 Å². The van der Waals surface area contributed by atoms with E-state index in [0.29, 0.717) is 0 Å². The highest BCUT2D eigenvalue weighted by Crippen LogP contribution is 2.48. The average Bonchev–Trinajstić information content (AvgIpc) is 2.70. The Morgan fingerprint density at radius 2 is 1.69 bits per heavy atom. The lowest BCUT2D eigenvalue weighted by Crippen LogP contribution is -2.30. The summed E-state index contributed by atoms with van der Waals surface area (Å²) in [4.78, 5) is 0. The van der Waals surface area contributed by atoms with E-state index < -0.39 is 0 Å². The van der Waals surface area contributed by atoms with Gasteiger partial charge in [-0.3, -0.25) is 0 Å². The van der Waals surface area contributed by atoms with Crippen molar-refractivity contribution >= 4 is 0 Å². The number of benzene rings is 1. The molecule has 0 nitrogen and oxygen atoms in total. The van der Waals surface area contributed by atoms with Gasteiger partial charge in [0.25, 0.3) is 0 Å². The molecule has 0 heterocycles. The quantitative estimate of drug-likeness (QED) is 0.509. The molecule has 0 saturated heterocycles. The van der Waals surface area contributed by atoms with Gasteiger partial charge < -0.3 is 0 Å². The molecular formula is C26H40. The highest BCUT2D eigenvalue weighted by molar-refractivity contribution is 5.36. The number of aryl methyl sites for hydroxylation is 1. The first-order chi connectivity index (χ1) is 12.8. The fourth-order valence-electron chi connectivity index (χ4n) is 6.50. The van der Waals surface area contributed by atoms with Crippen molar-refractivity contribution in [2.75, 3.05) is 0 Å². The van der Waals surface area contributed by atoms with Crippen LogP contribution in [0.5, 0.6) is 0 Å². The molecule has 0 heteroatoms. The summed E-state index contributed by atoms with van der Waals surface area (Å²) in [6.07, 6.45) is 18.8. The second-order valence-electron chi connectivity index (χ2n) is 9.90. The van der Waals surface area contributed by atoms with Gasteiger partial charge in [-0.05, 0) is 97.6 Å². The summed E-state index contributed by atoms with van der Waals surface area (Å²) in [5, 5.41) is 0. The van der Waals surface area contributed by atoms with Gasteiger partial charge in [-0.15, -0.1) is 0 Å². The number of hydrogen-bond acceptors (Lipinski definition) is 0. The molecular weight excluding hydrogens is 312 g/mol. The molecule has 3 aliphatic rings. The van der Waals surface area contributed by atoms with Crippen molar-refractivity contribution in [2.24, 2.45) is 23.7 Å². The van der Waals surface area contributed by atoms with Crippen molar-refractivity contribution in [3.8, 4) is 0 Å². The molecule has 5 unspecified atom stereocenters. The third kappa shape index (κ3) is 4.05. The largest absolute Gasteiger partial charge is 0.0654 e. The Kier molecular flexibility index (Phi) is 6.07. The molecule has 144 valence electrons. The Balaban J connectivity index is 1.37. The van der Waals surface area contributed by atoms with Crippen LogP contribution in [0.25, 0.3) is 0 Å².